The molecule has 4 nitrogen and oxygen atoms in total. The van der Waals surface area contributed by atoms with Gasteiger partial charge in [-0.05, 0) is 34.0 Å². The molecule has 1 aromatic heterocycles. The third-order valence-corrected chi connectivity index (χ3v) is 2.63. The van der Waals surface area contributed by atoms with E-state index in [1.54, 1.807) is 6.33 Å². The Labute approximate surface area is 95.5 Å². The fourth-order valence-electron chi connectivity index (χ4n) is 1.55. The summed E-state index contributed by atoms with van der Waals surface area (Å²) >= 11 is 1.53. The highest BCUT2D eigenvalue weighted by molar-refractivity contribution is 7.98. The van der Waals surface area contributed by atoms with Gasteiger partial charge in [-0.3, -0.25) is 0 Å². The van der Waals surface area contributed by atoms with Crippen LogP contribution in [0.3, 0.4) is 0 Å². The summed E-state index contributed by atoms with van der Waals surface area (Å²) < 4.78 is 0. The molecule has 0 bridgehead atoms. The van der Waals surface area contributed by atoms with E-state index in [1.165, 1.54) is 11.8 Å². The SMILES string of the molecule is CSc1ncnc(N(C(C)C)C(C)C)n1. The first kappa shape index (κ1) is 12.2. The summed E-state index contributed by atoms with van der Waals surface area (Å²) in [6.07, 6.45) is 3.54. The average molecular weight is 226 g/mol. The molecule has 0 N–H and O–H groups in total. The summed E-state index contributed by atoms with van der Waals surface area (Å²) in [6.45, 7) is 8.57. The van der Waals surface area contributed by atoms with Gasteiger partial charge in [0.2, 0.25) is 5.95 Å². The summed E-state index contributed by atoms with van der Waals surface area (Å²) in [6, 6.07) is 0.782. The van der Waals surface area contributed by atoms with Gasteiger partial charge in [0.05, 0.1) is 0 Å². The van der Waals surface area contributed by atoms with E-state index in [0.717, 1.165) is 11.1 Å². The van der Waals surface area contributed by atoms with Crippen molar-refractivity contribution in [3.8, 4) is 0 Å². The van der Waals surface area contributed by atoms with Crippen molar-refractivity contribution in [2.45, 2.75) is 44.9 Å². The van der Waals surface area contributed by atoms with Crippen LogP contribution >= 0.6 is 11.8 Å². The minimum Gasteiger partial charge on any atom is -0.336 e. The number of hydrogen-bond acceptors (Lipinski definition) is 5. The molecule has 1 rings (SSSR count). The maximum absolute atomic E-state index is 4.40. The topological polar surface area (TPSA) is 41.9 Å². The summed E-state index contributed by atoms with van der Waals surface area (Å²) in [7, 11) is 0. The van der Waals surface area contributed by atoms with Crippen LogP contribution in [0.1, 0.15) is 27.7 Å². The van der Waals surface area contributed by atoms with E-state index in [2.05, 4.69) is 47.5 Å². The van der Waals surface area contributed by atoms with Gasteiger partial charge in [0, 0.05) is 12.1 Å². The van der Waals surface area contributed by atoms with Crippen LogP contribution in [0.2, 0.25) is 0 Å². The lowest BCUT2D eigenvalue weighted by Gasteiger charge is -2.30. The number of anilines is 1. The lowest BCUT2D eigenvalue weighted by molar-refractivity contribution is 0.584. The van der Waals surface area contributed by atoms with Gasteiger partial charge in [0.25, 0.3) is 0 Å². The van der Waals surface area contributed by atoms with Gasteiger partial charge in [-0.25, -0.2) is 9.97 Å². The standard InChI is InChI=1S/C10H18N4S/c1-7(2)14(8(3)4)9-11-6-12-10(13-9)15-5/h6-8H,1-5H3. The van der Waals surface area contributed by atoms with Crippen LogP contribution in [0.25, 0.3) is 0 Å². The monoisotopic (exact) mass is 226 g/mol. The number of thioether (sulfide) groups is 1. The predicted molar refractivity (Wildman–Crippen MR) is 64.4 cm³/mol. The van der Waals surface area contributed by atoms with Crippen LogP contribution in [0, 0.1) is 0 Å². The van der Waals surface area contributed by atoms with Crippen molar-refractivity contribution in [3.63, 3.8) is 0 Å². The molecule has 0 unspecified atom stereocenters. The Kier molecular flexibility index (Phi) is 4.32. The Bertz CT molecular complexity index is 306. The van der Waals surface area contributed by atoms with Crippen molar-refractivity contribution in [3.05, 3.63) is 6.33 Å². The van der Waals surface area contributed by atoms with Gasteiger partial charge in [0.1, 0.15) is 6.33 Å². The zero-order valence-corrected chi connectivity index (χ0v) is 10.7. The second-order valence-corrected chi connectivity index (χ2v) is 4.64. The van der Waals surface area contributed by atoms with E-state index in [0.29, 0.717) is 12.1 Å². The molecule has 1 heterocycles. The number of rotatable bonds is 4. The highest BCUT2D eigenvalue weighted by atomic mass is 32.2. The van der Waals surface area contributed by atoms with E-state index in [1.807, 2.05) is 6.26 Å². The highest BCUT2D eigenvalue weighted by Crippen LogP contribution is 2.16. The molecule has 0 aromatic carbocycles. The van der Waals surface area contributed by atoms with Gasteiger partial charge in [-0.15, -0.1) is 0 Å². The molecule has 0 amide bonds. The molecule has 15 heavy (non-hydrogen) atoms. The maximum Gasteiger partial charge on any atom is 0.229 e. The average Bonchev–Trinajstić information content (AvgIpc) is 2.17. The summed E-state index contributed by atoms with van der Waals surface area (Å²) in [5.41, 5.74) is 0. The molecule has 84 valence electrons. The second kappa shape index (κ2) is 5.30. The van der Waals surface area contributed by atoms with Gasteiger partial charge in [0.15, 0.2) is 5.16 Å². The number of aromatic nitrogens is 3. The Morgan fingerprint density at radius 1 is 1.13 bits per heavy atom. The predicted octanol–water partition coefficient (Wildman–Crippen LogP) is 2.22. The van der Waals surface area contributed by atoms with Crippen LogP contribution in [-0.2, 0) is 0 Å². The zero-order valence-electron chi connectivity index (χ0n) is 9.93. The van der Waals surface area contributed by atoms with Crippen molar-refractivity contribution in [1.29, 1.82) is 0 Å². The maximum atomic E-state index is 4.40. The van der Waals surface area contributed by atoms with Gasteiger partial charge >= 0.3 is 0 Å². The summed E-state index contributed by atoms with van der Waals surface area (Å²) in [4.78, 5) is 14.9. The van der Waals surface area contributed by atoms with E-state index in [4.69, 9.17) is 0 Å². The van der Waals surface area contributed by atoms with Crippen LogP contribution < -0.4 is 4.90 Å². The lowest BCUT2D eigenvalue weighted by atomic mass is 10.2. The molecule has 1 aromatic rings. The van der Waals surface area contributed by atoms with E-state index >= 15 is 0 Å². The molecule has 0 atom stereocenters. The second-order valence-electron chi connectivity index (χ2n) is 3.87. The largest absolute Gasteiger partial charge is 0.336 e. The smallest absolute Gasteiger partial charge is 0.229 e. The quantitative estimate of drug-likeness (QED) is 0.736. The Hall–Kier alpha value is -0.840. The van der Waals surface area contributed by atoms with Crippen LogP contribution in [-0.4, -0.2) is 33.3 Å². The third-order valence-electron chi connectivity index (χ3n) is 2.06. The Balaban J connectivity index is 3.00. The van der Waals surface area contributed by atoms with E-state index in [9.17, 15) is 0 Å². The molecule has 0 aliphatic heterocycles. The molecular formula is C10H18N4S. The first-order chi connectivity index (χ1) is 7.06. The third kappa shape index (κ3) is 3.06. The summed E-state index contributed by atoms with van der Waals surface area (Å²) in [5.74, 6) is 0.763. The highest BCUT2D eigenvalue weighted by Gasteiger charge is 2.17. The Morgan fingerprint density at radius 2 is 1.73 bits per heavy atom. The number of hydrogen-bond donors (Lipinski definition) is 0. The van der Waals surface area contributed by atoms with Crippen molar-refractivity contribution >= 4 is 17.7 Å². The molecule has 0 saturated heterocycles. The molecule has 0 aliphatic carbocycles. The van der Waals surface area contributed by atoms with E-state index < -0.39 is 0 Å². The summed E-state index contributed by atoms with van der Waals surface area (Å²) in [5, 5.41) is 0.770. The van der Waals surface area contributed by atoms with Crippen molar-refractivity contribution in [1.82, 2.24) is 15.0 Å². The minimum absolute atomic E-state index is 0.391. The Morgan fingerprint density at radius 3 is 2.20 bits per heavy atom. The molecule has 0 aliphatic rings. The van der Waals surface area contributed by atoms with E-state index in [-0.39, 0.29) is 0 Å². The molecule has 0 fully saturated rings. The minimum atomic E-state index is 0.391. The van der Waals surface area contributed by atoms with Crippen LogP contribution in [0.4, 0.5) is 5.95 Å². The van der Waals surface area contributed by atoms with Crippen LogP contribution in [0.15, 0.2) is 11.5 Å². The lowest BCUT2D eigenvalue weighted by Crippen LogP contribution is -2.38. The first-order valence-corrected chi connectivity index (χ1v) is 6.30. The molecule has 0 saturated carbocycles. The van der Waals surface area contributed by atoms with Crippen molar-refractivity contribution < 1.29 is 0 Å². The van der Waals surface area contributed by atoms with Gasteiger partial charge in [-0.1, -0.05) is 11.8 Å². The van der Waals surface area contributed by atoms with Crippen LogP contribution in [0.5, 0.6) is 0 Å². The zero-order chi connectivity index (χ0) is 11.4. The number of nitrogens with zero attached hydrogens (tertiary/aromatic N) is 4. The van der Waals surface area contributed by atoms with Crippen molar-refractivity contribution in [2.24, 2.45) is 0 Å². The molecular weight excluding hydrogens is 208 g/mol. The fraction of sp³-hybridized carbons (Fsp3) is 0.700. The van der Waals surface area contributed by atoms with Crippen molar-refractivity contribution in [2.75, 3.05) is 11.2 Å². The normalized spacial score (nSPS) is 11.1. The molecule has 0 spiro atoms. The molecule has 0 radical (unpaired) electrons. The molecule has 5 heteroatoms. The van der Waals surface area contributed by atoms with Gasteiger partial charge in [-0.2, -0.15) is 4.98 Å². The fourth-order valence-corrected chi connectivity index (χ4v) is 1.88. The first-order valence-electron chi connectivity index (χ1n) is 5.07. The van der Waals surface area contributed by atoms with Gasteiger partial charge < -0.3 is 4.90 Å².